The molecule has 15 atom stereocenters. The van der Waals surface area contributed by atoms with Crippen molar-refractivity contribution in [2.24, 2.45) is 0 Å². The number of nitrogens with one attached hydrogen (secondary N) is 1. The fourth-order valence-corrected chi connectivity index (χ4v) is 9.72. The second-order valence-corrected chi connectivity index (χ2v) is 22.3. The summed E-state index contributed by atoms with van der Waals surface area (Å²) in [5.41, 5.74) is -3.15. The Morgan fingerprint density at radius 2 is 0.554 bits per heavy atom. The van der Waals surface area contributed by atoms with Gasteiger partial charge in [0.05, 0.1) is 19.8 Å². The van der Waals surface area contributed by atoms with Gasteiger partial charge in [-0.15, -0.1) is 0 Å². The van der Waals surface area contributed by atoms with Crippen molar-refractivity contribution in [3.05, 3.63) is 0 Å². The highest BCUT2D eigenvalue weighted by molar-refractivity contribution is 5.77. The van der Waals surface area contributed by atoms with Crippen LogP contribution in [0.25, 0.3) is 0 Å². The lowest BCUT2D eigenvalue weighted by Crippen LogP contribution is -2.70. The minimum atomic E-state index is -8.34. The fraction of sp³-hybridized carbons (Fsp3) is 0.768. The molecule has 3 heterocycles. The molecular formula is C56H70F13NO31. The molecule has 0 bridgehead atoms. The van der Waals surface area contributed by atoms with Gasteiger partial charge >= 0.3 is 107 Å². The van der Waals surface area contributed by atoms with Gasteiger partial charge in [-0.05, 0) is 6.42 Å². The highest BCUT2D eigenvalue weighted by atomic mass is 19.4. The molecule has 576 valence electrons. The Kier molecular flexibility index (Phi) is 30.8. The molecule has 1 amide bonds. The first kappa shape index (κ1) is 87.2. The molecule has 0 aromatic heterocycles. The molecule has 101 heavy (non-hydrogen) atoms. The second-order valence-electron chi connectivity index (χ2n) is 22.3. The standard InChI is InChI=1S/C56H70F13NO31/c1-22(71)84-16-34-38(90-25(4)74)41(93-28(7)77)44(96-31(10)80)47(99-34)87-19-50(70-37(83)14-13-15-51(57,58)52(59,60)53(61,62)54(63,64)55(65,66)56(67,68)69,20-88-48-45(97-32(11)81)42(94-29(8)78)39(91-26(5)75)35(100-48)17-85-23(2)72)21-89-49-46(98-33(12)82)43(95-30(9)79)40(92-27(6)76)36(101-49)18-86-24(3)73/h34-36,38-49H,13-21H2,1-12H3,(H,70,83)/t34-,35-,36-,38-,39-,40-,41+,42+,43+,44-,45-,46-,47-,48-,49-/m1/s1. The van der Waals surface area contributed by atoms with Crippen molar-refractivity contribution in [3.8, 4) is 0 Å². The van der Waals surface area contributed by atoms with Crippen LogP contribution in [0, 0.1) is 0 Å². The quantitative estimate of drug-likeness (QED) is 0.0560. The van der Waals surface area contributed by atoms with E-state index in [0.29, 0.717) is 20.8 Å². The summed E-state index contributed by atoms with van der Waals surface area (Å²) >= 11 is 0. The first-order valence-corrected chi connectivity index (χ1v) is 29.3. The molecule has 32 nitrogen and oxygen atoms in total. The number of carbonyl (C=O) groups excluding carboxylic acids is 13. The van der Waals surface area contributed by atoms with Gasteiger partial charge in [-0.1, -0.05) is 0 Å². The van der Waals surface area contributed by atoms with Crippen molar-refractivity contribution in [1.29, 1.82) is 0 Å². The molecule has 0 aliphatic carbocycles. The van der Waals surface area contributed by atoms with E-state index in [-0.39, 0.29) is 0 Å². The van der Waals surface area contributed by atoms with E-state index >= 15 is 17.6 Å². The van der Waals surface area contributed by atoms with Crippen molar-refractivity contribution >= 4 is 77.5 Å². The number of amides is 1. The summed E-state index contributed by atoms with van der Waals surface area (Å²) in [7, 11) is 0. The lowest BCUT2D eigenvalue weighted by molar-refractivity contribution is -0.440. The Morgan fingerprint density at radius 1 is 0.317 bits per heavy atom. The van der Waals surface area contributed by atoms with Crippen LogP contribution in [-0.4, -0.2) is 251 Å². The molecule has 0 spiro atoms. The number of esters is 12. The maximum absolute atomic E-state index is 15.4. The van der Waals surface area contributed by atoms with Crippen LogP contribution >= 0.6 is 0 Å². The summed E-state index contributed by atoms with van der Waals surface area (Å²) in [6.07, 6.45) is -47.2. The van der Waals surface area contributed by atoms with Gasteiger partial charge in [-0.2, -0.15) is 57.1 Å². The number of halogens is 13. The van der Waals surface area contributed by atoms with Crippen molar-refractivity contribution in [2.75, 3.05) is 39.6 Å². The number of alkyl halides is 13. The van der Waals surface area contributed by atoms with Crippen LogP contribution < -0.4 is 5.32 Å². The molecule has 3 aliphatic rings. The van der Waals surface area contributed by atoms with E-state index in [2.05, 4.69) is 0 Å². The summed E-state index contributed by atoms with van der Waals surface area (Å²) in [6.45, 7) is 1.33. The van der Waals surface area contributed by atoms with E-state index in [1.165, 1.54) is 0 Å². The minimum absolute atomic E-state index is 0.713. The van der Waals surface area contributed by atoms with Crippen LogP contribution in [0.15, 0.2) is 0 Å². The lowest BCUT2D eigenvalue weighted by atomic mass is 9.91. The molecular weight excluding hydrogens is 1430 g/mol. The van der Waals surface area contributed by atoms with Crippen LogP contribution in [0.1, 0.15) is 102 Å². The highest BCUT2D eigenvalue weighted by Gasteiger charge is 2.90. The normalized spacial score (nSPS) is 25.9. The average molecular weight is 1500 g/mol. The summed E-state index contributed by atoms with van der Waals surface area (Å²) < 4.78 is 285. The Bertz CT molecular complexity index is 2760. The third-order valence-corrected chi connectivity index (χ3v) is 13.7. The number of hydrogen-bond acceptors (Lipinski definition) is 31. The van der Waals surface area contributed by atoms with E-state index in [0.717, 1.165) is 62.3 Å². The van der Waals surface area contributed by atoms with E-state index in [1.807, 2.05) is 5.32 Å². The highest BCUT2D eigenvalue weighted by Crippen LogP contribution is 2.61. The molecule has 0 aromatic rings. The first-order valence-electron chi connectivity index (χ1n) is 29.3. The molecule has 3 saturated heterocycles. The lowest BCUT2D eigenvalue weighted by Gasteiger charge is -2.47. The van der Waals surface area contributed by atoms with Crippen molar-refractivity contribution in [1.82, 2.24) is 5.32 Å². The van der Waals surface area contributed by atoms with Crippen LogP contribution in [0.3, 0.4) is 0 Å². The van der Waals surface area contributed by atoms with Crippen LogP contribution in [0.4, 0.5) is 57.1 Å². The molecule has 0 aromatic carbocycles. The van der Waals surface area contributed by atoms with E-state index in [1.54, 1.807) is 0 Å². The SMILES string of the molecule is CC(=O)OC[C@H]1O[C@@H](OCC(CO[C@@H]2O[C@H](COC(C)=O)[C@@H](OC(C)=O)[C@H](OC(C)=O)[C@H]2OC(C)=O)(CO[C@@H]2O[C@H](COC(C)=O)[C@@H](OC(C)=O)[C@H](OC(C)=O)[C@H]2OC(C)=O)NC(=O)CCCC(F)(F)C(F)(F)C(F)(F)C(F)(F)C(F)(F)C(F)(F)F)[C@H](OC(C)=O)[C@@H](OC(C)=O)[C@@H]1OC(C)=O. The van der Waals surface area contributed by atoms with Gasteiger partial charge < -0.3 is 90.6 Å². The van der Waals surface area contributed by atoms with Crippen molar-refractivity contribution in [2.45, 2.75) is 236 Å². The summed E-state index contributed by atoms with van der Waals surface area (Å²) in [6, 6.07) is 0. The molecule has 0 radical (unpaired) electrons. The Balaban J connectivity index is 2.59. The Hall–Kier alpha value is -8.04. The molecule has 0 saturated carbocycles. The van der Waals surface area contributed by atoms with Gasteiger partial charge in [0, 0.05) is 95.9 Å². The van der Waals surface area contributed by atoms with Gasteiger partial charge in [-0.25, -0.2) is 0 Å². The van der Waals surface area contributed by atoms with Crippen molar-refractivity contribution in [3.63, 3.8) is 0 Å². The Morgan fingerprint density at radius 3 is 0.792 bits per heavy atom. The van der Waals surface area contributed by atoms with E-state index in [4.69, 9.17) is 85.3 Å². The van der Waals surface area contributed by atoms with Crippen LogP contribution in [0.5, 0.6) is 0 Å². The van der Waals surface area contributed by atoms with Gasteiger partial charge in [-0.3, -0.25) is 62.3 Å². The van der Waals surface area contributed by atoms with E-state index in [9.17, 15) is 102 Å². The van der Waals surface area contributed by atoms with E-state index < -0.39 is 270 Å². The second kappa shape index (κ2) is 35.7. The third kappa shape index (κ3) is 23.5. The zero-order valence-electron chi connectivity index (χ0n) is 55.1. The van der Waals surface area contributed by atoms with Gasteiger partial charge in [0.15, 0.2) is 73.8 Å². The number of hydrogen-bond donors (Lipinski definition) is 1. The molecule has 3 fully saturated rings. The minimum Gasteiger partial charge on any atom is -0.463 e. The summed E-state index contributed by atoms with van der Waals surface area (Å²) in [5.74, 6) is -56.0. The summed E-state index contributed by atoms with van der Waals surface area (Å²) in [5, 5.41) is 2.02. The maximum Gasteiger partial charge on any atom is 0.460 e. The predicted molar refractivity (Wildman–Crippen MR) is 289 cm³/mol. The third-order valence-electron chi connectivity index (χ3n) is 13.7. The number of ether oxygens (including phenoxy) is 18. The molecule has 45 heteroatoms. The Labute approximate surface area is 562 Å². The van der Waals surface area contributed by atoms with Gasteiger partial charge in [0.2, 0.25) is 5.91 Å². The zero-order valence-corrected chi connectivity index (χ0v) is 55.1. The smallest absolute Gasteiger partial charge is 0.460 e. The number of carbonyl (C=O) groups is 13. The topological polar surface area (TPSA) is 400 Å². The maximum atomic E-state index is 15.4. The molecule has 3 rings (SSSR count). The summed E-state index contributed by atoms with van der Waals surface area (Å²) in [4.78, 5) is 166. The molecule has 1 N–H and O–H groups in total. The van der Waals surface area contributed by atoms with Crippen LogP contribution in [0.2, 0.25) is 0 Å². The average Bonchev–Trinajstić information content (AvgIpc) is 0.712. The number of rotatable bonds is 33. The molecule has 0 unspecified atom stereocenters. The largest absolute Gasteiger partial charge is 0.463 e. The van der Waals surface area contributed by atoms with Gasteiger partial charge in [0.1, 0.15) is 43.7 Å². The molecule has 3 aliphatic heterocycles. The fourth-order valence-electron chi connectivity index (χ4n) is 9.72. The van der Waals surface area contributed by atoms with Crippen LogP contribution in [-0.2, 0) is 148 Å². The van der Waals surface area contributed by atoms with Crippen molar-refractivity contribution < 1.29 is 205 Å². The zero-order chi connectivity index (χ0) is 77.5. The first-order chi connectivity index (χ1) is 46.2. The monoisotopic (exact) mass is 1500 g/mol. The predicted octanol–water partition coefficient (Wildman–Crippen LogP) is 3.05. The van der Waals surface area contributed by atoms with Gasteiger partial charge in [0.25, 0.3) is 0 Å².